The molecule has 0 aromatic carbocycles. The summed E-state index contributed by atoms with van der Waals surface area (Å²) in [7, 11) is 0. The Morgan fingerprint density at radius 1 is 0.694 bits per heavy atom. The van der Waals surface area contributed by atoms with Crippen LogP contribution in [0.2, 0.25) is 0 Å². The van der Waals surface area contributed by atoms with Crippen molar-refractivity contribution in [3.05, 3.63) is 24.3 Å². The van der Waals surface area contributed by atoms with E-state index in [-0.39, 0.29) is 50.2 Å². The second-order valence-corrected chi connectivity index (χ2v) is 11.2. The number of esters is 4. The minimum absolute atomic E-state index is 0.126. The zero-order chi connectivity index (χ0) is 26.3. The third-order valence-electron chi connectivity index (χ3n) is 7.55. The third kappa shape index (κ3) is 6.77. The van der Waals surface area contributed by atoms with Crippen LogP contribution >= 0.6 is 0 Å². The van der Waals surface area contributed by atoms with Crippen LogP contribution in [0.1, 0.15) is 66.2 Å². The van der Waals surface area contributed by atoms with E-state index in [4.69, 9.17) is 18.9 Å². The number of rotatable bonds is 12. The van der Waals surface area contributed by atoms with Crippen LogP contribution in [0.15, 0.2) is 24.3 Å². The molecule has 200 valence electrons. The molecule has 36 heavy (non-hydrogen) atoms. The second kappa shape index (κ2) is 12.1. The molecule has 2 unspecified atom stereocenters. The van der Waals surface area contributed by atoms with Gasteiger partial charge in [-0.3, -0.25) is 9.59 Å². The second-order valence-electron chi connectivity index (χ2n) is 11.2. The van der Waals surface area contributed by atoms with Crippen LogP contribution in [0.5, 0.6) is 0 Å². The molecule has 4 bridgehead atoms. The van der Waals surface area contributed by atoms with Gasteiger partial charge >= 0.3 is 23.9 Å². The van der Waals surface area contributed by atoms with Crippen molar-refractivity contribution < 1.29 is 38.1 Å². The summed E-state index contributed by atoms with van der Waals surface area (Å²) in [5.41, 5.74) is -1.31. The van der Waals surface area contributed by atoms with Gasteiger partial charge in [-0.15, -0.1) is 0 Å². The van der Waals surface area contributed by atoms with Crippen molar-refractivity contribution in [3.63, 3.8) is 0 Å². The molecule has 4 saturated carbocycles. The lowest BCUT2D eigenvalue weighted by atomic mass is 9.44. The van der Waals surface area contributed by atoms with E-state index >= 15 is 0 Å². The SMILES string of the molecule is CC=CC(=O)OCC(C)COC(=O)C12CC3CC(C1)CC(C(=O)OCC(C)COC(=O)C=CC)(C3)C2. The van der Waals surface area contributed by atoms with Crippen LogP contribution in [-0.4, -0.2) is 50.3 Å². The van der Waals surface area contributed by atoms with Crippen LogP contribution in [-0.2, 0) is 38.1 Å². The lowest BCUT2D eigenvalue weighted by Gasteiger charge is -2.59. The van der Waals surface area contributed by atoms with E-state index in [9.17, 15) is 19.2 Å². The van der Waals surface area contributed by atoms with Crippen molar-refractivity contribution in [2.75, 3.05) is 26.4 Å². The Labute approximate surface area is 213 Å². The maximum atomic E-state index is 13.3. The lowest BCUT2D eigenvalue weighted by Crippen LogP contribution is -2.58. The fourth-order valence-corrected chi connectivity index (χ4v) is 6.40. The fraction of sp³-hybridized carbons (Fsp3) is 0.714. The summed E-state index contributed by atoms with van der Waals surface area (Å²) in [5, 5.41) is 0. The Kier molecular flexibility index (Phi) is 9.36. The van der Waals surface area contributed by atoms with Gasteiger partial charge in [0.2, 0.25) is 0 Å². The van der Waals surface area contributed by atoms with Crippen LogP contribution < -0.4 is 0 Å². The lowest BCUT2D eigenvalue weighted by molar-refractivity contribution is -0.195. The molecule has 0 radical (unpaired) electrons. The predicted octanol–water partition coefficient (Wildman–Crippen LogP) is 4.17. The molecule has 2 atom stereocenters. The molecule has 0 saturated heterocycles. The molecule has 0 spiro atoms. The van der Waals surface area contributed by atoms with Crippen LogP contribution in [0, 0.1) is 34.5 Å². The smallest absolute Gasteiger partial charge is 0.330 e. The Balaban J connectivity index is 1.55. The van der Waals surface area contributed by atoms with E-state index in [1.807, 2.05) is 13.8 Å². The number of carbonyl (C=O) groups excluding carboxylic acids is 4. The van der Waals surface area contributed by atoms with E-state index in [1.54, 1.807) is 26.0 Å². The fourth-order valence-electron chi connectivity index (χ4n) is 6.40. The normalized spacial score (nSPS) is 30.2. The van der Waals surface area contributed by atoms with Crippen molar-refractivity contribution in [1.29, 1.82) is 0 Å². The first kappa shape index (κ1) is 27.9. The highest BCUT2D eigenvalue weighted by atomic mass is 16.6. The number of hydrogen-bond donors (Lipinski definition) is 0. The summed E-state index contributed by atoms with van der Waals surface area (Å²) in [5.74, 6) is -0.951. The average Bonchev–Trinajstić information content (AvgIpc) is 2.82. The molecule has 0 aromatic heterocycles. The molecule has 0 aliphatic heterocycles. The summed E-state index contributed by atoms with van der Waals surface area (Å²) in [6.07, 6.45) is 10.4. The Bertz CT molecular complexity index is 806. The first-order valence-corrected chi connectivity index (χ1v) is 13.0. The molecule has 8 nitrogen and oxygen atoms in total. The van der Waals surface area contributed by atoms with Gasteiger partial charge in [0.15, 0.2) is 0 Å². The van der Waals surface area contributed by atoms with Gasteiger partial charge in [-0.25, -0.2) is 9.59 Å². The molecule has 4 rings (SSSR count). The third-order valence-corrected chi connectivity index (χ3v) is 7.55. The van der Waals surface area contributed by atoms with Gasteiger partial charge in [0.05, 0.1) is 37.3 Å². The van der Waals surface area contributed by atoms with Crippen LogP contribution in [0.3, 0.4) is 0 Å². The summed E-state index contributed by atoms with van der Waals surface area (Å²) in [6, 6.07) is 0. The van der Waals surface area contributed by atoms with Crippen molar-refractivity contribution in [2.45, 2.75) is 66.2 Å². The molecule has 0 amide bonds. The van der Waals surface area contributed by atoms with Crippen molar-refractivity contribution in [3.8, 4) is 0 Å². The molecule has 4 aliphatic rings. The van der Waals surface area contributed by atoms with Crippen molar-refractivity contribution >= 4 is 23.9 Å². The zero-order valence-electron chi connectivity index (χ0n) is 22.0. The van der Waals surface area contributed by atoms with Gasteiger partial charge in [-0.2, -0.15) is 0 Å². The highest BCUT2D eigenvalue weighted by Gasteiger charge is 2.64. The first-order chi connectivity index (χ1) is 17.1. The predicted molar refractivity (Wildman–Crippen MR) is 131 cm³/mol. The molecule has 0 aromatic rings. The summed E-state index contributed by atoms with van der Waals surface area (Å²) >= 11 is 0. The van der Waals surface area contributed by atoms with Gasteiger partial charge in [-0.1, -0.05) is 26.0 Å². The van der Waals surface area contributed by atoms with Gasteiger partial charge in [0.1, 0.15) is 0 Å². The van der Waals surface area contributed by atoms with E-state index in [0.29, 0.717) is 18.3 Å². The number of ether oxygens (including phenoxy) is 4. The van der Waals surface area contributed by atoms with Crippen molar-refractivity contribution in [1.82, 2.24) is 0 Å². The molecule has 0 N–H and O–H groups in total. The molecule has 4 aliphatic carbocycles. The largest absolute Gasteiger partial charge is 0.465 e. The van der Waals surface area contributed by atoms with E-state index < -0.39 is 22.8 Å². The first-order valence-electron chi connectivity index (χ1n) is 13.0. The quantitative estimate of drug-likeness (QED) is 0.222. The van der Waals surface area contributed by atoms with E-state index in [0.717, 1.165) is 32.1 Å². The Morgan fingerprint density at radius 2 is 1.06 bits per heavy atom. The highest BCUT2D eigenvalue weighted by Crippen LogP contribution is 2.66. The minimum Gasteiger partial charge on any atom is -0.465 e. The van der Waals surface area contributed by atoms with E-state index in [2.05, 4.69) is 0 Å². The summed E-state index contributed by atoms with van der Waals surface area (Å²) in [4.78, 5) is 49.7. The van der Waals surface area contributed by atoms with Gasteiger partial charge in [-0.05, 0) is 64.2 Å². The van der Waals surface area contributed by atoms with Gasteiger partial charge in [0, 0.05) is 24.0 Å². The van der Waals surface area contributed by atoms with Crippen LogP contribution in [0.25, 0.3) is 0 Å². The standard InChI is InChI=1S/C28H40O8/c1-5-7-23(29)33-14-19(3)16-35-25(31)27-10-21-9-22(11-27)13-28(12-21,18-27)26(32)36-17-20(4)15-34-24(30)8-6-2/h5-8,19-22H,9-18H2,1-4H3. The van der Waals surface area contributed by atoms with Gasteiger partial charge < -0.3 is 18.9 Å². The number of hydrogen-bond acceptors (Lipinski definition) is 8. The van der Waals surface area contributed by atoms with E-state index in [1.165, 1.54) is 12.2 Å². The Hall–Kier alpha value is -2.64. The van der Waals surface area contributed by atoms with Crippen molar-refractivity contribution in [2.24, 2.45) is 34.5 Å². The maximum absolute atomic E-state index is 13.3. The topological polar surface area (TPSA) is 105 Å². The van der Waals surface area contributed by atoms with Crippen LogP contribution in [0.4, 0.5) is 0 Å². The average molecular weight is 505 g/mol. The molecule has 8 heteroatoms. The summed E-state index contributed by atoms with van der Waals surface area (Å²) < 4.78 is 21.8. The Morgan fingerprint density at radius 3 is 1.42 bits per heavy atom. The molecule has 0 heterocycles. The molecular formula is C28H40O8. The maximum Gasteiger partial charge on any atom is 0.330 e. The number of carbonyl (C=O) groups is 4. The molecule has 4 fully saturated rings. The monoisotopic (exact) mass is 504 g/mol. The molecular weight excluding hydrogens is 464 g/mol. The zero-order valence-corrected chi connectivity index (χ0v) is 22.0. The number of allylic oxidation sites excluding steroid dienone is 2. The minimum atomic E-state index is -0.655. The summed E-state index contributed by atoms with van der Waals surface area (Å²) in [6.45, 7) is 7.89. The van der Waals surface area contributed by atoms with Gasteiger partial charge in [0.25, 0.3) is 0 Å². The highest BCUT2D eigenvalue weighted by molar-refractivity contribution is 5.83.